The van der Waals surface area contributed by atoms with E-state index < -0.39 is 5.97 Å². The third-order valence-corrected chi connectivity index (χ3v) is 4.86. The summed E-state index contributed by atoms with van der Waals surface area (Å²) in [5.41, 5.74) is 1.11. The van der Waals surface area contributed by atoms with Crippen molar-refractivity contribution in [2.75, 3.05) is 6.61 Å². The second-order valence-electron chi connectivity index (χ2n) is 3.95. The van der Waals surface area contributed by atoms with Crippen LogP contribution in [-0.2, 0) is 0 Å². The standard InChI is InChI=1S/C12H9BrO3S/c13-8-1-2-16-9-5-10-6(3-7(8)9)4-11(17-10)12(14)15/h3-5,8H,1-2H2,(H,14,15). The van der Waals surface area contributed by atoms with Gasteiger partial charge in [-0.25, -0.2) is 4.79 Å². The number of carboxylic acids is 1. The lowest BCUT2D eigenvalue weighted by Crippen LogP contribution is -2.09. The van der Waals surface area contributed by atoms with E-state index in [1.165, 1.54) is 11.3 Å². The van der Waals surface area contributed by atoms with E-state index in [2.05, 4.69) is 15.9 Å². The van der Waals surface area contributed by atoms with Gasteiger partial charge in [-0.05, 0) is 30.0 Å². The van der Waals surface area contributed by atoms with Crippen molar-refractivity contribution in [2.24, 2.45) is 0 Å². The molecule has 17 heavy (non-hydrogen) atoms. The number of ether oxygens (including phenoxy) is 1. The van der Waals surface area contributed by atoms with Crippen LogP contribution in [0.25, 0.3) is 10.1 Å². The predicted molar refractivity (Wildman–Crippen MR) is 70.6 cm³/mol. The highest BCUT2D eigenvalue weighted by Crippen LogP contribution is 2.41. The Hall–Kier alpha value is -1.07. The number of hydrogen-bond donors (Lipinski definition) is 1. The third-order valence-electron chi connectivity index (χ3n) is 2.83. The van der Waals surface area contributed by atoms with Crippen LogP contribution < -0.4 is 4.74 Å². The van der Waals surface area contributed by atoms with Crippen molar-refractivity contribution in [2.45, 2.75) is 11.2 Å². The first-order valence-electron chi connectivity index (χ1n) is 5.23. The number of thiophene rings is 1. The molecule has 1 aliphatic heterocycles. The van der Waals surface area contributed by atoms with Crippen LogP contribution in [0.2, 0.25) is 0 Å². The molecular weight excluding hydrogens is 304 g/mol. The minimum atomic E-state index is -0.875. The zero-order chi connectivity index (χ0) is 12.0. The molecule has 3 rings (SSSR count). The summed E-state index contributed by atoms with van der Waals surface area (Å²) < 4.78 is 6.56. The summed E-state index contributed by atoms with van der Waals surface area (Å²) in [4.78, 5) is 11.6. The smallest absolute Gasteiger partial charge is 0.345 e. The molecule has 0 radical (unpaired) electrons. The fourth-order valence-corrected chi connectivity index (χ4v) is 3.45. The number of carboxylic acid groups (broad SMARTS) is 1. The quantitative estimate of drug-likeness (QED) is 0.814. The molecule has 1 N–H and O–H groups in total. The molecule has 0 bridgehead atoms. The lowest BCUT2D eigenvalue weighted by atomic mass is 10.0. The minimum absolute atomic E-state index is 0.295. The van der Waals surface area contributed by atoms with Gasteiger partial charge in [0.15, 0.2) is 0 Å². The van der Waals surface area contributed by atoms with Crippen LogP contribution in [0.1, 0.15) is 26.5 Å². The molecule has 2 heterocycles. The van der Waals surface area contributed by atoms with Crippen LogP contribution in [0.3, 0.4) is 0 Å². The summed E-state index contributed by atoms with van der Waals surface area (Å²) in [5, 5.41) is 9.95. The molecule has 1 atom stereocenters. The van der Waals surface area contributed by atoms with Crippen molar-refractivity contribution in [3.8, 4) is 5.75 Å². The number of benzene rings is 1. The lowest BCUT2D eigenvalue weighted by Gasteiger charge is -2.21. The minimum Gasteiger partial charge on any atom is -0.493 e. The Balaban J connectivity index is 2.21. The van der Waals surface area contributed by atoms with Gasteiger partial charge in [0.2, 0.25) is 0 Å². The van der Waals surface area contributed by atoms with Crippen molar-refractivity contribution in [1.82, 2.24) is 0 Å². The maximum atomic E-state index is 10.9. The van der Waals surface area contributed by atoms with Crippen LogP contribution in [0.4, 0.5) is 0 Å². The maximum absolute atomic E-state index is 10.9. The number of hydrogen-bond acceptors (Lipinski definition) is 3. The zero-order valence-electron chi connectivity index (χ0n) is 8.77. The molecular formula is C12H9BrO3S. The van der Waals surface area contributed by atoms with E-state index in [1.807, 2.05) is 12.1 Å². The summed E-state index contributed by atoms with van der Waals surface area (Å²) >= 11 is 4.90. The number of aromatic carboxylic acids is 1. The van der Waals surface area contributed by atoms with Gasteiger partial charge in [-0.15, -0.1) is 11.3 Å². The van der Waals surface area contributed by atoms with E-state index in [0.29, 0.717) is 16.3 Å². The second kappa shape index (κ2) is 3.99. The van der Waals surface area contributed by atoms with Gasteiger partial charge in [0.1, 0.15) is 10.6 Å². The summed E-state index contributed by atoms with van der Waals surface area (Å²) in [6.45, 7) is 0.700. The Kier molecular flexibility index (Phi) is 2.60. The van der Waals surface area contributed by atoms with Crippen molar-refractivity contribution in [3.63, 3.8) is 0 Å². The van der Waals surface area contributed by atoms with E-state index in [9.17, 15) is 4.79 Å². The van der Waals surface area contributed by atoms with Crippen LogP contribution in [0, 0.1) is 0 Å². The Morgan fingerprint density at radius 2 is 2.29 bits per heavy atom. The first-order chi connectivity index (χ1) is 8.15. The molecule has 1 aromatic heterocycles. The third kappa shape index (κ3) is 1.83. The zero-order valence-corrected chi connectivity index (χ0v) is 11.2. The van der Waals surface area contributed by atoms with Gasteiger partial charge in [0.05, 0.1) is 6.61 Å². The molecule has 0 amide bonds. The van der Waals surface area contributed by atoms with E-state index >= 15 is 0 Å². The molecule has 1 aromatic carbocycles. The summed E-state index contributed by atoms with van der Waals surface area (Å²) in [5.74, 6) is -0.00936. The molecule has 1 aliphatic rings. The van der Waals surface area contributed by atoms with E-state index in [-0.39, 0.29) is 0 Å². The van der Waals surface area contributed by atoms with Crippen molar-refractivity contribution >= 4 is 43.3 Å². The number of fused-ring (bicyclic) bond motifs is 2. The summed E-state index contributed by atoms with van der Waals surface area (Å²) in [7, 11) is 0. The van der Waals surface area contributed by atoms with E-state index in [4.69, 9.17) is 9.84 Å². The summed E-state index contributed by atoms with van der Waals surface area (Å²) in [6.07, 6.45) is 0.939. The predicted octanol–water partition coefficient (Wildman–Crippen LogP) is 3.82. The van der Waals surface area contributed by atoms with Gasteiger partial charge in [-0.2, -0.15) is 0 Å². The first kappa shape index (κ1) is 11.0. The number of rotatable bonds is 1. The topological polar surface area (TPSA) is 46.5 Å². The van der Waals surface area contributed by atoms with Crippen LogP contribution in [-0.4, -0.2) is 17.7 Å². The largest absolute Gasteiger partial charge is 0.493 e. The molecule has 0 spiro atoms. The van der Waals surface area contributed by atoms with Crippen molar-refractivity contribution < 1.29 is 14.6 Å². The van der Waals surface area contributed by atoms with Gasteiger partial charge >= 0.3 is 5.97 Å². The molecule has 2 aromatic rings. The Morgan fingerprint density at radius 1 is 1.47 bits per heavy atom. The van der Waals surface area contributed by atoms with Gasteiger partial charge < -0.3 is 9.84 Å². The highest BCUT2D eigenvalue weighted by atomic mass is 79.9. The molecule has 3 nitrogen and oxygen atoms in total. The fraction of sp³-hybridized carbons (Fsp3) is 0.250. The van der Waals surface area contributed by atoms with Crippen molar-refractivity contribution in [1.29, 1.82) is 0 Å². The van der Waals surface area contributed by atoms with E-state index in [1.54, 1.807) is 6.07 Å². The molecule has 1 unspecified atom stereocenters. The van der Waals surface area contributed by atoms with Crippen molar-refractivity contribution in [3.05, 3.63) is 28.6 Å². The first-order valence-corrected chi connectivity index (χ1v) is 6.96. The highest BCUT2D eigenvalue weighted by molar-refractivity contribution is 9.09. The van der Waals surface area contributed by atoms with Gasteiger partial charge in [-0.3, -0.25) is 0 Å². The Bertz CT molecular complexity index is 605. The number of halogens is 1. The molecule has 0 saturated carbocycles. The Morgan fingerprint density at radius 3 is 3.06 bits per heavy atom. The monoisotopic (exact) mass is 312 g/mol. The molecule has 0 saturated heterocycles. The average molecular weight is 313 g/mol. The fourth-order valence-electron chi connectivity index (χ4n) is 1.99. The van der Waals surface area contributed by atoms with Gasteiger partial charge in [-0.1, -0.05) is 15.9 Å². The maximum Gasteiger partial charge on any atom is 0.345 e. The van der Waals surface area contributed by atoms with Gasteiger partial charge in [0, 0.05) is 15.1 Å². The van der Waals surface area contributed by atoms with Crippen LogP contribution >= 0.6 is 27.3 Å². The van der Waals surface area contributed by atoms with Gasteiger partial charge in [0.25, 0.3) is 0 Å². The molecule has 0 fully saturated rings. The molecule has 0 aliphatic carbocycles. The van der Waals surface area contributed by atoms with Crippen LogP contribution in [0.5, 0.6) is 5.75 Å². The highest BCUT2D eigenvalue weighted by Gasteiger charge is 2.21. The normalized spacial score (nSPS) is 18.8. The van der Waals surface area contributed by atoms with E-state index in [0.717, 1.165) is 27.8 Å². The lowest BCUT2D eigenvalue weighted by molar-refractivity contribution is 0.0702. The summed E-state index contributed by atoms with van der Waals surface area (Å²) in [6, 6.07) is 5.68. The Labute approximate surface area is 110 Å². The molecule has 5 heteroatoms. The average Bonchev–Trinajstić information content (AvgIpc) is 2.70. The SMILES string of the molecule is O=C(O)c1cc2cc3c(cc2s1)OCCC3Br. The second-order valence-corrected chi connectivity index (χ2v) is 6.14. The number of carbonyl (C=O) groups is 1. The molecule has 88 valence electrons. The number of alkyl halides is 1. The van der Waals surface area contributed by atoms with Crippen LogP contribution in [0.15, 0.2) is 18.2 Å².